The quantitative estimate of drug-likeness (QED) is 0.572. The minimum Gasteiger partial charge on any atom is -0.494 e. The summed E-state index contributed by atoms with van der Waals surface area (Å²) in [5, 5.41) is 9.24. The molecule has 0 fully saturated rings. The van der Waals surface area contributed by atoms with Gasteiger partial charge in [0, 0.05) is 6.07 Å². The van der Waals surface area contributed by atoms with Crippen LogP contribution in [0, 0.1) is 6.92 Å². The highest BCUT2D eigenvalue weighted by atomic mass is 32.2. The summed E-state index contributed by atoms with van der Waals surface area (Å²) in [5.41, 5.74) is 0.798. The lowest BCUT2D eigenvalue weighted by Gasteiger charge is -2.09. The number of carbonyl (C=O) groups excluding carboxylic acids is 2. The average Bonchev–Trinajstić information content (AvgIpc) is 3.24. The summed E-state index contributed by atoms with van der Waals surface area (Å²) in [6, 6.07) is 7.24. The summed E-state index contributed by atoms with van der Waals surface area (Å²) < 4.78 is 11.3. The fourth-order valence-corrected chi connectivity index (χ4v) is 3.89. The number of amides is 2. The van der Waals surface area contributed by atoms with Gasteiger partial charge in [-0.3, -0.25) is 9.59 Å². The maximum atomic E-state index is 12.2. The smallest absolute Gasteiger partial charge is 0.238 e. The summed E-state index contributed by atoms with van der Waals surface area (Å²) in [6.07, 6.45) is 0. The van der Waals surface area contributed by atoms with Gasteiger partial charge < -0.3 is 19.9 Å². The summed E-state index contributed by atoms with van der Waals surface area (Å²) in [5.74, 6) is 1.42. The number of nitrogens with one attached hydrogen (secondary N) is 2. The molecule has 2 aromatic heterocycles. The third kappa shape index (κ3) is 5.23. The summed E-state index contributed by atoms with van der Waals surface area (Å²) in [7, 11) is 0. The van der Waals surface area contributed by atoms with Crippen molar-refractivity contribution in [3.05, 3.63) is 30.0 Å². The van der Waals surface area contributed by atoms with Crippen molar-refractivity contribution in [1.82, 2.24) is 10.1 Å². The van der Waals surface area contributed by atoms with Crippen LogP contribution in [-0.4, -0.2) is 39.6 Å². The van der Waals surface area contributed by atoms with E-state index < -0.39 is 5.25 Å². The number of hydrogen-bond donors (Lipinski definition) is 2. The molecule has 1 unspecified atom stereocenters. The van der Waals surface area contributed by atoms with Gasteiger partial charge in [0.05, 0.1) is 27.8 Å². The lowest BCUT2D eigenvalue weighted by molar-refractivity contribution is -0.115. The number of carbonyl (C=O) groups is 2. The van der Waals surface area contributed by atoms with Gasteiger partial charge in [-0.1, -0.05) is 16.5 Å². The van der Waals surface area contributed by atoms with Gasteiger partial charge in [0.25, 0.3) is 0 Å². The summed E-state index contributed by atoms with van der Waals surface area (Å²) in [6.45, 7) is 5.99. The normalized spacial score (nSPS) is 12.0. The number of hydrogen-bond acceptors (Lipinski definition) is 8. The lowest BCUT2D eigenvalue weighted by atomic mass is 10.3. The van der Waals surface area contributed by atoms with Crippen molar-refractivity contribution in [3.8, 4) is 5.75 Å². The van der Waals surface area contributed by atoms with Crippen LogP contribution in [0.25, 0.3) is 10.2 Å². The van der Waals surface area contributed by atoms with Gasteiger partial charge in [0.1, 0.15) is 11.5 Å². The van der Waals surface area contributed by atoms with E-state index in [1.54, 1.807) is 19.9 Å². The Balaban J connectivity index is 1.50. The topological polar surface area (TPSA) is 106 Å². The molecule has 10 heteroatoms. The van der Waals surface area contributed by atoms with Gasteiger partial charge in [0.15, 0.2) is 10.9 Å². The number of ether oxygens (including phenoxy) is 1. The Bertz CT molecular complexity index is 985. The first-order chi connectivity index (χ1) is 13.4. The van der Waals surface area contributed by atoms with Crippen molar-refractivity contribution in [2.45, 2.75) is 26.0 Å². The predicted octanol–water partition coefficient (Wildman–Crippen LogP) is 3.69. The fraction of sp³-hybridized carbons (Fsp3) is 0.333. The molecule has 3 rings (SSSR count). The second-order valence-electron chi connectivity index (χ2n) is 5.90. The van der Waals surface area contributed by atoms with Crippen molar-refractivity contribution >= 4 is 56.1 Å². The highest BCUT2D eigenvalue weighted by Gasteiger charge is 2.17. The van der Waals surface area contributed by atoms with Crippen LogP contribution < -0.4 is 15.4 Å². The highest BCUT2D eigenvalue weighted by Crippen LogP contribution is 2.29. The Labute approximate surface area is 170 Å². The van der Waals surface area contributed by atoms with Crippen LogP contribution in [0.15, 0.2) is 28.8 Å². The standard InChI is InChI=1S/C18H20N4O4S2/c1-4-25-12-5-6-13-14(8-12)28-18(19-13)21-16(23)9-27-11(3)17(24)20-15-7-10(2)26-22-15/h5-8,11H,4,9H2,1-3H3,(H,19,21,23)(H,20,22,24). The monoisotopic (exact) mass is 420 g/mol. The zero-order chi connectivity index (χ0) is 20.1. The first kappa shape index (κ1) is 20.2. The van der Waals surface area contributed by atoms with Gasteiger partial charge >= 0.3 is 0 Å². The van der Waals surface area contributed by atoms with E-state index in [9.17, 15) is 9.59 Å². The summed E-state index contributed by atoms with van der Waals surface area (Å²) >= 11 is 2.61. The summed E-state index contributed by atoms with van der Waals surface area (Å²) in [4.78, 5) is 28.7. The third-order valence-electron chi connectivity index (χ3n) is 3.63. The van der Waals surface area contributed by atoms with Gasteiger partial charge in [-0.15, -0.1) is 11.8 Å². The number of rotatable bonds is 8. The SMILES string of the molecule is CCOc1ccc2nc(NC(=O)CSC(C)C(=O)Nc3cc(C)on3)sc2c1. The van der Waals surface area contributed by atoms with E-state index in [2.05, 4.69) is 20.8 Å². The number of nitrogens with zero attached hydrogens (tertiary/aromatic N) is 2. The van der Waals surface area contributed by atoms with E-state index in [1.165, 1.54) is 23.1 Å². The number of aryl methyl sites for hydroxylation is 1. The number of thiazole rings is 1. The molecular formula is C18H20N4O4S2. The second-order valence-corrected chi connectivity index (χ2v) is 8.25. The highest BCUT2D eigenvalue weighted by molar-refractivity contribution is 8.01. The number of anilines is 2. The number of thioether (sulfide) groups is 1. The van der Waals surface area contributed by atoms with Crippen LogP contribution in [-0.2, 0) is 9.59 Å². The Morgan fingerprint density at radius 2 is 2.14 bits per heavy atom. The minimum absolute atomic E-state index is 0.131. The molecule has 0 radical (unpaired) electrons. The van der Waals surface area contributed by atoms with Gasteiger partial charge in [-0.2, -0.15) is 0 Å². The van der Waals surface area contributed by atoms with Gasteiger partial charge in [-0.25, -0.2) is 4.98 Å². The Kier molecular flexibility index (Phi) is 6.53. The molecule has 0 spiro atoms. The minimum atomic E-state index is -0.424. The predicted molar refractivity (Wildman–Crippen MR) is 111 cm³/mol. The first-order valence-electron chi connectivity index (χ1n) is 8.63. The number of benzene rings is 1. The van der Waals surface area contributed by atoms with E-state index in [1.807, 2.05) is 25.1 Å². The molecule has 2 N–H and O–H groups in total. The Morgan fingerprint density at radius 3 is 2.86 bits per heavy atom. The zero-order valence-electron chi connectivity index (χ0n) is 15.6. The molecule has 0 saturated heterocycles. The molecule has 148 valence electrons. The van der Waals surface area contributed by atoms with Crippen molar-refractivity contribution in [2.75, 3.05) is 23.0 Å². The molecular weight excluding hydrogens is 400 g/mol. The molecule has 1 atom stereocenters. The number of aromatic nitrogens is 2. The van der Waals surface area contributed by atoms with Crippen LogP contribution >= 0.6 is 23.1 Å². The van der Waals surface area contributed by atoms with Crippen LogP contribution in [0.5, 0.6) is 5.75 Å². The number of fused-ring (bicyclic) bond motifs is 1. The van der Waals surface area contributed by atoms with E-state index in [4.69, 9.17) is 9.26 Å². The molecule has 0 aliphatic heterocycles. The van der Waals surface area contributed by atoms with Crippen LogP contribution in [0.1, 0.15) is 19.6 Å². The molecule has 28 heavy (non-hydrogen) atoms. The van der Waals surface area contributed by atoms with Gasteiger partial charge in [-0.05, 0) is 39.0 Å². The first-order valence-corrected chi connectivity index (χ1v) is 10.5. The lowest BCUT2D eigenvalue weighted by Crippen LogP contribution is -2.25. The molecule has 0 bridgehead atoms. The third-order valence-corrected chi connectivity index (χ3v) is 5.71. The van der Waals surface area contributed by atoms with E-state index in [0.717, 1.165) is 16.0 Å². The van der Waals surface area contributed by atoms with E-state index in [0.29, 0.717) is 23.3 Å². The van der Waals surface area contributed by atoms with Crippen LogP contribution in [0.4, 0.5) is 10.9 Å². The molecule has 1 aromatic carbocycles. The zero-order valence-corrected chi connectivity index (χ0v) is 17.3. The molecule has 2 amide bonds. The molecule has 0 aliphatic rings. The van der Waals surface area contributed by atoms with Gasteiger partial charge in [0.2, 0.25) is 11.8 Å². The Morgan fingerprint density at radius 1 is 1.32 bits per heavy atom. The van der Waals surface area contributed by atoms with Crippen molar-refractivity contribution in [3.63, 3.8) is 0 Å². The van der Waals surface area contributed by atoms with E-state index >= 15 is 0 Å². The van der Waals surface area contributed by atoms with Crippen LogP contribution in [0.3, 0.4) is 0 Å². The molecule has 8 nitrogen and oxygen atoms in total. The van der Waals surface area contributed by atoms with Crippen LogP contribution in [0.2, 0.25) is 0 Å². The largest absolute Gasteiger partial charge is 0.494 e. The Hall–Kier alpha value is -2.59. The van der Waals surface area contributed by atoms with Crippen molar-refractivity contribution < 1.29 is 18.8 Å². The molecule has 0 aliphatic carbocycles. The molecule has 0 saturated carbocycles. The maximum Gasteiger partial charge on any atom is 0.238 e. The average molecular weight is 421 g/mol. The fourth-order valence-electron chi connectivity index (χ4n) is 2.30. The van der Waals surface area contributed by atoms with Crippen molar-refractivity contribution in [2.24, 2.45) is 0 Å². The molecule has 3 aromatic rings. The molecule has 2 heterocycles. The van der Waals surface area contributed by atoms with Crippen molar-refractivity contribution in [1.29, 1.82) is 0 Å². The maximum absolute atomic E-state index is 12.2. The van der Waals surface area contributed by atoms with E-state index in [-0.39, 0.29) is 17.6 Å². The second kappa shape index (κ2) is 9.07.